The van der Waals surface area contributed by atoms with Gasteiger partial charge >= 0.3 is 0 Å². The first-order valence-electron chi connectivity index (χ1n) is 12.2. The third kappa shape index (κ3) is 5.39. The number of imide groups is 1. The fourth-order valence-corrected chi connectivity index (χ4v) is 5.29. The summed E-state index contributed by atoms with van der Waals surface area (Å²) in [7, 11) is 0. The smallest absolute Gasteiger partial charge is 0.290 e. The minimum atomic E-state index is -0.359. The molecule has 35 heavy (non-hydrogen) atoms. The van der Waals surface area contributed by atoms with E-state index in [-0.39, 0.29) is 11.1 Å². The van der Waals surface area contributed by atoms with Gasteiger partial charge in [0.1, 0.15) is 6.33 Å². The van der Waals surface area contributed by atoms with Gasteiger partial charge in [0.25, 0.3) is 11.1 Å². The van der Waals surface area contributed by atoms with Crippen molar-refractivity contribution in [1.82, 2.24) is 20.2 Å². The van der Waals surface area contributed by atoms with Gasteiger partial charge in [-0.05, 0) is 60.6 Å². The number of hydrogen-bond acceptors (Lipinski definition) is 7. The van der Waals surface area contributed by atoms with Gasteiger partial charge in [0.2, 0.25) is 0 Å². The van der Waals surface area contributed by atoms with Crippen LogP contribution in [0.2, 0.25) is 0 Å². The molecule has 0 radical (unpaired) electrons. The summed E-state index contributed by atoms with van der Waals surface area (Å²) in [6.45, 7) is 7.78. The van der Waals surface area contributed by atoms with Crippen LogP contribution in [-0.4, -0.2) is 58.7 Å². The van der Waals surface area contributed by atoms with Crippen molar-refractivity contribution in [1.29, 1.82) is 0 Å². The Morgan fingerprint density at radius 2 is 1.80 bits per heavy atom. The van der Waals surface area contributed by atoms with E-state index in [1.165, 1.54) is 31.5 Å². The number of unbranched alkanes of at least 4 members (excludes halogenated alkanes) is 2. The molecule has 0 unspecified atom stereocenters. The minimum Gasteiger partial charge on any atom is -0.369 e. The number of nitrogens with zero attached hydrogens (tertiary/aromatic N) is 4. The summed E-state index contributed by atoms with van der Waals surface area (Å²) in [6, 6.07) is 14.4. The number of piperazine rings is 1. The van der Waals surface area contributed by atoms with Crippen LogP contribution in [-0.2, 0) is 4.79 Å². The summed E-state index contributed by atoms with van der Waals surface area (Å²) >= 11 is 0.917. The summed E-state index contributed by atoms with van der Waals surface area (Å²) in [5.74, 6) is -0.359. The van der Waals surface area contributed by atoms with Gasteiger partial charge in [-0.2, -0.15) is 0 Å². The lowest BCUT2D eigenvalue weighted by atomic mass is 10.0. The maximum atomic E-state index is 11.9. The zero-order valence-electron chi connectivity index (χ0n) is 19.9. The van der Waals surface area contributed by atoms with Gasteiger partial charge in [0.15, 0.2) is 0 Å². The largest absolute Gasteiger partial charge is 0.369 e. The van der Waals surface area contributed by atoms with Crippen LogP contribution >= 0.6 is 11.8 Å². The third-order valence-electron chi connectivity index (χ3n) is 6.56. The van der Waals surface area contributed by atoms with Gasteiger partial charge < -0.3 is 4.90 Å². The van der Waals surface area contributed by atoms with Crippen LogP contribution in [0.15, 0.2) is 53.7 Å². The number of anilines is 1. The van der Waals surface area contributed by atoms with Crippen molar-refractivity contribution in [2.45, 2.75) is 26.2 Å². The van der Waals surface area contributed by atoms with Crippen LogP contribution in [0.1, 0.15) is 31.7 Å². The summed E-state index contributed by atoms with van der Waals surface area (Å²) in [5, 5.41) is 2.86. The highest BCUT2D eigenvalue weighted by Gasteiger charge is 2.25. The quantitative estimate of drug-likeness (QED) is 0.374. The molecule has 8 heteroatoms. The Kier molecular flexibility index (Phi) is 7.11. The summed E-state index contributed by atoms with van der Waals surface area (Å²) < 4.78 is 0. The molecule has 180 valence electrons. The summed E-state index contributed by atoms with van der Waals surface area (Å²) in [4.78, 5) is 37.8. The minimum absolute atomic E-state index is 0.343. The first-order valence-corrected chi connectivity index (χ1v) is 13.0. The predicted molar refractivity (Wildman–Crippen MR) is 142 cm³/mol. The monoisotopic (exact) mass is 487 g/mol. The van der Waals surface area contributed by atoms with E-state index < -0.39 is 0 Å². The van der Waals surface area contributed by atoms with Gasteiger partial charge in [-0.3, -0.25) is 19.8 Å². The first kappa shape index (κ1) is 23.5. The van der Waals surface area contributed by atoms with Crippen LogP contribution in [0.25, 0.3) is 28.2 Å². The molecule has 2 aliphatic rings. The molecule has 0 spiro atoms. The first-order chi connectivity index (χ1) is 17.1. The number of carbonyl (C=O) groups is 2. The molecule has 0 atom stereocenters. The molecule has 0 aliphatic carbocycles. The van der Waals surface area contributed by atoms with Gasteiger partial charge in [-0.25, -0.2) is 9.97 Å². The summed E-state index contributed by atoms with van der Waals surface area (Å²) in [5.41, 5.74) is 4.77. The average molecular weight is 488 g/mol. The van der Waals surface area contributed by atoms with Crippen LogP contribution in [0.4, 0.5) is 10.5 Å². The van der Waals surface area contributed by atoms with E-state index in [0.29, 0.717) is 4.91 Å². The third-order valence-corrected chi connectivity index (χ3v) is 7.37. The maximum absolute atomic E-state index is 11.9. The Bertz CT molecular complexity index is 1270. The van der Waals surface area contributed by atoms with Gasteiger partial charge in [-0.1, -0.05) is 38.0 Å². The molecule has 2 amide bonds. The van der Waals surface area contributed by atoms with Crippen LogP contribution < -0.4 is 10.2 Å². The van der Waals surface area contributed by atoms with Crippen molar-refractivity contribution in [3.8, 4) is 11.3 Å². The van der Waals surface area contributed by atoms with Crippen molar-refractivity contribution in [2.75, 3.05) is 37.6 Å². The standard InChI is InChI=1S/C27H29N5O2S/c1-2-3-4-11-31-12-14-32(15-13-31)21-8-6-20(7-9-21)25-22-16-19(5-10-23(22)28-18-29-25)17-24-26(33)30-27(34)35-24/h5-10,16-18H,2-4,11-15H2,1H3,(H,30,33,34). The maximum Gasteiger partial charge on any atom is 0.290 e. The number of hydrogen-bond donors (Lipinski definition) is 1. The lowest BCUT2D eigenvalue weighted by molar-refractivity contribution is -0.115. The second-order valence-electron chi connectivity index (χ2n) is 8.93. The zero-order valence-corrected chi connectivity index (χ0v) is 20.7. The second kappa shape index (κ2) is 10.6. The number of rotatable bonds is 7. The normalized spacial score (nSPS) is 18.0. The van der Waals surface area contributed by atoms with Crippen molar-refractivity contribution in [3.05, 3.63) is 59.3 Å². The van der Waals surface area contributed by atoms with Crippen molar-refractivity contribution in [3.63, 3.8) is 0 Å². The molecule has 0 saturated carbocycles. The number of thioether (sulfide) groups is 1. The van der Waals surface area contributed by atoms with Crippen LogP contribution in [0, 0.1) is 0 Å². The van der Waals surface area contributed by atoms with E-state index in [4.69, 9.17) is 0 Å². The highest BCUT2D eigenvalue weighted by molar-refractivity contribution is 8.18. The SMILES string of the molecule is CCCCCN1CCN(c2ccc(-c3ncnc4ccc(C=C5SC(=O)NC5=O)cc34)cc2)CC1. The molecule has 2 saturated heterocycles. The number of amides is 2. The number of aromatic nitrogens is 2. The Morgan fingerprint density at radius 1 is 1.00 bits per heavy atom. The fourth-order valence-electron chi connectivity index (χ4n) is 4.61. The van der Waals surface area contributed by atoms with Crippen molar-refractivity contribution < 1.29 is 9.59 Å². The summed E-state index contributed by atoms with van der Waals surface area (Å²) in [6.07, 6.45) is 7.18. The number of carbonyl (C=O) groups excluding carboxylic acids is 2. The Morgan fingerprint density at radius 3 is 2.51 bits per heavy atom. The Balaban J connectivity index is 1.34. The zero-order chi connectivity index (χ0) is 24.2. The molecular weight excluding hydrogens is 458 g/mol. The van der Waals surface area contributed by atoms with E-state index in [9.17, 15) is 9.59 Å². The molecule has 2 aromatic carbocycles. The van der Waals surface area contributed by atoms with Gasteiger partial charge in [-0.15, -0.1) is 0 Å². The van der Waals surface area contributed by atoms with E-state index in [1.807, 2.05) is 18.2 Å². The Hall–Kier alpha value is -3.23. The molecule has 3 aromatic rings. The molecule has 2 fully saturated rings. The molecule has 0 bridgehead atoms. The van der Waals surface area contributed by atoms with E-state index >= 15 is 0 Å². The van der Waals surface area contributed by atoms with Gasteiger partial charge in [0, 0.05) is 42.8 Å². The average Bonchev–Trinajstić information content (AvgIpc) is 3.20. The van der Waals surface area contributed by atoms with E-state index in [2.05, 4.69) is 56.3 Å². The molecule has 3 heterocycles. The molecule has 7 nitrogen and oxygen atoms in total. The highest BCUT2D eigenvalue weighted by atomic mass is 32.2. The predicted octanol–water partition coefficient (Wildman–Crippen LogP) is 4.93. The van der Waals surface area contributed by atoms with Crippen LogP contribution in [0.3, 0.4) is 0 Å². The topological polar surface area (TPSA) is 78.4 Å². The van der Waals surface area contributed by atoms with E-state index in [0.717, 1.165) is 65.7 Å². The van der Waals surface area contributed by atoms with Crippen molar-refractivity contribution in [2.24, 2.45) is 0 Å². The second-order valence-corrected chi connectivity index (χ2v) is 9.95. The Labute approximate surface area is 209 Å². The lowest BCUT2D eigenvalue weighted by Crippen LogP contribution is -2.46. The van der Waals surface area contributed by atoms with E-state index in [1.54, 1.807) is 12.4 Å². The molecule has 1 aromatic heterocycles. The van der Waals surface area contributed by atoms with Crippen LogP contribution in [0.5, 0.6) is 0 Å². The molecule has 2 aliphatic heterocycles. The van der Waals surface area contributed by atoms with Gasteiger partial charge in [0.05, 0.1) is 16.1 Å². The fraction of sp³-hybridized carbons (Fsp3) is 0.333. The number of benzene rings is 2. The highest BCUT2D eigenvalue weighted by Crippen LogP contribution is 2.30. The van der Waals surface area contributed by atoms with Crippen molar-refractivity contribution >= 4 is 45.6 Å². The molecular formula is C27H29N5O2S. The molecule has 5 rings (SSSR count). The number of fused-ring (bicyclic) bond motifs is 1. The number of nitrogens with one attached hydrogen (secondary N) is 1. The lowest BCUT2D eigenvalue weighted by Gasteiger charge is -2.36. The molecule has 1 N–H and O–H groups in total.